The molecule has 0 saturated heterocycles. The first-order valence-corrected chi connectivity index (χ1v) is 11.2. The van der Waals surface area contributed by atoms with Gasteiger partial charge < -0.3 is 19.9 Å². The minimum Gasteiger partial charge on any atom is -0.497 e. The number of nitrogens with zero attached hydrogens (tertiary/aromatic N) is 4. The van der Waals surface area contributed by atoms with Gasteiger partial charge in [-0.25, -0.2) is 4.99 Å². The fourth-order valence-electron chi connectivity index (χ4n) is 3.78. The largest absolute Gasteiger partial charge is 0.497 e. The first-order valence-electron chi connectivity index (χ1n) is 11.2. The Bertz CT molecular complexity index is 793. The maximum Gasteiger partial charge on any atom is 0.191 e. The Morgan fingerprint density at radius 2 is 1.90 bits per heavy atom. The van der Waals surface area contributed by atoms with Crippen LogP contribution in [0, 0.1) is 6.92 Å². The van der Waals surface area contributed by atoms with Crippen LogP contribution in [0.2, 0.25) is 0 Å². The van der Waals surface area contributed by atoms with Crippen LogP contribution in [0.3, 0.4) is 0 Å². The SMILES string of the molecule is COc1ccc(CCCCNC(=NCc2nnc(C)n2C)NC2CCCCC2)cc1. The molecule has 30 heavy (non-hydrogen) atoms. The highest BCUT2D eigenvalue weighted by Crippen LogP contribution is 2.17. The summed E-state index contributed by atoms with van der Waals surface area (Å²) >= 11 is 0. The first-order chi connectivity index (χ1) is 14.7. The van der Waals surface area contributed by atoms with Crippen LogP contribution >= 0.6 is 0 Å². The molecule has 2 N–H and O–H groups in total. The van der Waals surface area contributed by atoms with E-state index >= 15 is 0 Å². The maximum absolute atomic E-state index is 5.22. The molecule has 164 valence electrons. The molecule has 1 aromatic carbocycles. The number of hydrogen-bond donors (Lipinski definition) is 2. The molecule has 0 aliphatic heterocycles. The molecule has 0 radical (unpaired) electrons. The number of aliphatic imine (C=N–C) groups is 1. The van der Waals surface area contributed by atoms with Gasteiger partial charge in [0, 0.05) is 19.6 Å². The molecule has 1 fully saturated rings. The summed E-state index contributed by atoms with van der Waals surface area (Å²) in [7, 11) is 3.69. The van der Waals surface area contributed by atoms with Gasteiger partial charge in [0.2, 0.25) is 0 Å². The van der Waals surface area contributed by atoms with Crippen LogP contribution < -0.4 is 15.4 Å². The number of nitrogens with one attached hydrogen (secondary N) is 2. The summed E-state index contributed by atoms with van der Waals surface area (Å²) < 4.78 is 7.22. The van der Waals surface area contributed by atoms with E-state index in [1.165, 1.54) is 37.7 Å². The molecule has 0 amide bonds. The standard InChI is InChI=1S/C23H36N6O/c1-18-27-28-22(29(18)2)17-25-23(26-20-10-5-4-6-11-20)24-16-8-7-9-19-12-14-21(30-3)15-13-19/h12-15,20H,4-11,16-17H2,1-3H3,(H2,24,25,26). The molecule has 7 heteroatoms. The fourth-order valence-corrected chi connectivity index (χ4v) is 3.78. The van der Waals surface area contributed by atoms with Crippen LogP contribution in [-0.4, -0.2) is 40.4 Å². The van der Waals surface area contributed by atoms with Crippen LogP contribution in [0.15, 0.2) is 29.3 Å². The Labute approximate surface area is 180 Å². The minimum atomic E-state index is 0.519. The fraction of sp³-hybridized carbons (Fsp3) is 0.609. The molecule has 7 nitrogen and oxygen atoms in total. The van der Waals surface area contributed by atoms with Crippen molar-refractivity contribution >= 4 is 5.96 Å². The lowest BCUT2D eigenvalue weighted by atomic mass is 9.96. The number of aromatic nitrogens is 3. The van der Waals surface area contributed by atoms with Gasteiger partial charge in [-0.3, -0.25) is 0 Å². The average Bonchev–Trinajstić information content (AvgIpc) is 3.10. The van der Waals surface area contributed by atoms with Crippen molar-refractivity contribution in [1.29, 1.82) is 0 Å². The summed E-state index contributed by atoms with van der Waals surface area (Å²) in [5, 5.41) is 15.5. The van der Waals surface area contributed by atoms with E-state index in [-0.39, 0.29) is 0 Å². The molecule has 3 rings (SSSR count). The second kappa shape index (κ2) is 11.6. The summed E-state index contributed by atoms with van der Waals surface area (Å²) in [6.07, 6.45) is 9.71. The van der Waals surface area contributed by atoms with Gasteiger partial charge >= 0.3 is 0 Å². The topological polar surface area (TPSA) is 76.4 Å². The van der Waals surface area contributed by atoms with E-state index in [1.807, 2.05) is 30.7 Å². The van der Waals surface area contributed by atoms with Crippen molar-refractivity contribution in [2.24, 2.45) is 12.0 Å². The number of benzene rings is 1. The highest BCUT2D eigenvalue weighted by molar-refractivity contribution is 5.80. The molecule has 2 aromatic rings. The molecular weight excluding hydrogens is 376 g/mol. The summed E-state index contributed by atoms with van der Waals surface area (Å²) in [6.45, 7) is 3.40. The van der Waals surface area contributed by atoms with E-state index in [0.717, 1.165) is 49.2 Å². The summed E-state index contributed by atoms with van der Waals surface area (Å²) in [4.78, 5) is 4.79. The minimum absolute atomic E-state index is 0.519. The monoisotopic (exact) mass is 412 g/mol. The first kappa shape index (κ1) is 22.1. The van der Waals surface area contributed by atoms with E-state index < -0.39 is 0 Å². The summed E-state index contributed by atoms with van der Waals surface area (Å²) in [5.41, 5.74) is 1.35. The lowest BCUT2D eigenvalue weighted by Gasteiger charge is -2.25. The van der Waals surface area contributed by atoms with E-state index in [1.54, 1.807) is 7.11 Å². The Kier molecular flexibility index (Phi) is 8.53. The van der Waals surface area contributed by atoms with Gasteiger partial charge in [0.05, 0.1) is 7.11 Å². The maximum atomic E-state index is 5.22. The predicted molar refractivity (Wildman–Crippen MR) is 121 cm³/mol. The van der Waals surface area contributed by atoms with Crippen LogP contribution in [-0.2, 0) is 20.0 Å². The van der Waals surface area contributed by atoms with Gasteiger partial charge in [0.25, 0.3) is 0 Å². The summed E-state index contributed by atoms with van der Waals surface area (Å²) in [5.74, 6) is 3.60. The highest BCUT2D eigenvalue weighted by Gasteiger charge is 2.15. The molecule has 0 atom stereocenters. The Morgan fingerprint density at radius 3 is 2.57 bits per heavy atom. The Morgan fingerprint density at radius 1 is 1.13 bits per heavy atom. The second-order valence-corrected chi connectivity index (χ2v) is 8.10. The zero-order chi connectivity index (χ0) is 21.2. The van der Waals surface area contributed by atoms with Gasteiger partial charge in [-0.1, -0.05) is 31.4 Å². The highest BCUT2D eigenvalue weighted by atomic mass is 16.5. The van der Waals surface area contributed by atoms with Gasteiger partial charge in [0.15, 0.2) is 11.8 Å². The van der Waals surface area contributed by atoms with Crippen LogP contribution in [0.25, 0.3) is 0 Å². The van der Waals surface area contributed by atoms with Gasteiger partial charge in [-0.05, 0) is 56.7 Å². The molecule has 1 saturated carbocycles. The van der Waals surface area contributed by atoms with E-state index in [0.29, 0.717) is 12.6 Å². The van der Waals surface area contributed by atoms with Crippen molar-refractivity contribution in [2.75, 3.05) is 13.7 Å². The van der Waals surface area contributed by atoms with Crippen molar-refractivity contribution in [2.45, 2.75) is 70.9 Å². The third-order valence-electron chi connectivity index (χ3n) is 5.85. The van der Waals surface area contributed by atoms with Crippen LogP contribution in [0.4, 0.5) is 0 Å². The van der Waals surface area contributed by atoms with Crippen molar-refractivity contribution in [3.05, 3.63) is 41.5 Å². The van der Waals surface area contributed by atoms with Crippen molar-refractivity contribution in [3.63, 3.8) is 0 Å². The lowest BCUT2D eigenvalue weighted by molar-refractivity contribution is 0.409. The number of methoxy groups -OCH3 is 1. The Balaban J connectivity index is 1.48. The quantitative estimate of drug-likeness (QED) is 0.374. The molecule has 1 aliphatic carbocycles. The summed E-state index contributed by atoms with van der Waals surface area (Å²) in [6, 6.07) is 8.87. The Hall–Kier alpha value is -2.57. The number of aryl methyl sites for hydroxylation is 2. The van der Waals surface area contributed by atoms with Gasteiger partial charge in [0.1, 0.15) is 18.1 Å². The third-order valence-corrected chi connectivity index (χ3v) is 5.85. The molecule has 0 bridgehead atoms. The van der Waals surface area contributed by atoms with Crippen LogP contribution in [0.5, 0.6) is 5.75 Å². The molecule has 1 aliphatic rings. The molecule has 0 unspecified atom stereocenters. The molecular formula is C23H36N6O. The van der Waals surface area contributed by atoms with Crippen molar-refractivity contribution in [3.8, 4) is 5.75 Å². The number of unbranched alkanes of at least 4 members (excludes halogenated alkanes) is 1. The van der Waals surface area contributed by atoms with Crippen molar-refractivity contribution in [1.82, 2.24) is 25.4 Å². The smallest absolute Gasteiger partial charge is 0.191 e. The number of rotatable bonds is 9. The predicted octanol–water partition coefficient (Wildman–Crippen LogP) is 3.52. The zero-order valence-corrected chi connectivity index (χ0v) is 18.7. The van der Waals surface area contributed by atoms with Gasteiger partial charge in [-0.2, -0.15) is 0 Å². The second-order valence-electron chi connectivity index (χ2n) is 8.10. The van der Waals surface area contributed by atoms with Crippen molar-refractivity contribution < 1.29 is 4.74 Å². The number of ether oxygens (including phenoxy) is 1. The lowest BCUT2D eigenvalue weighted by Crippen LogP contribution is -2.44. The number of guanidine groups is 1. The van der Waals surface area contributed by atoms with E-state index in [4.69, 9.17) is 9.73 Å². The third kappa shape index (κ3) is 6.75. The average molecular weight is 413 g/mol. The molecule has 1 heterocycles. The van der Waals surface area contributed by atoms with Crippen LogP contribution in [0.1, 0.15) is 62.2 Å². The van der Waals surface area contributed by atoms with E-state index in [2.05, 4.69) is 33.0 Å². The van der Waals surface area contributed by atoms with E-state index in [9.17, 15) is 0 Å². The zero-order valence-electron chi connectivity index (χ0n) is 18.7. The number of hydrogen-bond acceptors (Lipinski definition) is 4. The molecule has 0 spiro atoms. The normalized spacial score (nSPS) is 15.2. The van der Waals surface area contributed by atoms with Gasteiger partial charge in [-0.15, -0.1) is 10.2 Å². The molecule has 1 aromatic heterocycles.